The zero-order valence-corrected chi connectivity index (χ0v) is 9.84. The van der Waals surface area contributed by atoms with E-state index in [1.54, 1.807) is 35.7 Å². The minimum Gasteiger partial charge on any atom is -0.298 e. The number of nitrogens with zero attached hydrogens (tertiary/aromatic N) is 5. The van der Waals surface area contributed by atoms with E-state index in [-0.39, 0.29) is 0 Å². The van der Waals surface area contributed by atoms with Crippen molar-refractivity contribution >= 4 is 6.29 Å². The Morgan fingerprint density at radius 3 is 2.74 bits per heavy atom. The van der Waals surface area contributed by atoms with E-state index in [2.05, 4.69) is 20.1 Å². The number of hydrogen-bond acceptors (Lipinski definition) is 5. The molecule has 0 N–H and O–H groups in total. The molecular formula is C13H9N5O. The van der Waals surface area contributed by atoms with Gasteiger partial charge >= 0.3 is 0 Å². The predicted molar refractivity (Wildman–Crippen MR) is 67.8 cm³/mol. The fraction of sp³-hybridized carbons (Fsp3) is 0. The molecule has 0 aliphatic rings. The number of aldehydes is 1. The SMILES string of the molecule is O=Cc1cn(-c2ccccn2)nc1-c1cnccn1. The van der Waals surface area contributed by atoms with Gasteiger partial charge in [-0.1, -0.05) is 6.07 Å². The molecule has 0 aliphatic heterocycles. The van der Waals surface area contributed by atoms with E-state index in [9.17, 15) is 4.79 Å². The molecule has 3 rings (SSSR count). The minimum atomic E-state index is 0.450. The van der Waals surface area contributed by atoms with Crippen LogP contribution in [0.5, 0.6) is 0 Å². The highest BCUT2D eigenvalue weighted by atomic mass is 16.1. The summed E-state index contributed by atoms with van der Waals surface area (Å²) < 4.78 is 1.55. The fourth-order valence-electron chi connectivity index (χ4n) is 1.70. The lowest BCUT2D eigenvalue weighted by Gasteiger charge is -1.98. The minimum absolute atomic E-state index is 0.450. The Morgan fingerprint density at radius 1 is 1.11 bits per heavy atom. The molecule has 19 heavy (non-hydrogen) atoms. The monoisotopic (exact) mass is 251 g/mol. The summed E-state index contributed by atoms with van der Waals surface area (Å²) in [4.78, 5) is 23.4. The largest absolute Gasteiger partial charge is 0.298 e. The fourth-order valence-corrected chi connectivity index (χ4v) is 1.70. The van der Waals surface area contributed by atoms with E-state index in [4.69, 9.17) is 0 Å². The van der Waals surface area contributed by atoms with Crippen molar-refractivity contribution < 1.29 is 4.79 Å². The topological polar surface area (TPSA) is 73.6 Å². The Labute approximate surface area is 108 Å². The second kappa shape index (κ2) is 4.77. The summed E-state index contributed by atoms with van der Waals surface area (Å²) in [5.74, 6) is 0.640. The summed E-state index contributed by atoms with van der Waals surface area (Å²) in [6.07, 6.45) is 8.73. The van der Waals surface area contributed by atoms with Crippen molar-refractivity contribution in [3.05, 3.63) is 54.7 Å². The van der Waals surface area contributed by atoms with Crippen molar-refractivity contribution in [1.82, 2.24) is 24.7 Å². The molecule has 0 unspecified atom stereocenters. The molecule has 92 valence electrons. The van der Waals surface area contributed by atoms with Gasteiger partial charge in [0.1, 0.15) is 11.4 Å². The molecule has 3 aromatic heterocycles. The first-order valence-electron chi connectivity index (χ1n) is 5.61. The third kappa shape index (κ3) is 2.11. The molecule has 0 radical (unpaired) electrons. The van der Waals surface area contributed by atoms with Crippen molar-refractivity contribution in [3.8, 4) is 17.2 Å². The molecule has 0 fully saturated rings. The van der Waals surface area contributed by atoms with Gasteiger partial charge in [-0.15, -0.1) is 0 Å². The Kier molecular flexibility index (Phi) is 2.82. The maximum atomic E-state index is 11.1. The molecule has 0 saturated heterocycles. The van der Waals surface area contributed by atoms with Crippen molar-refractivity contribution in [2.45, 2.75) is 0 Å². The Bertz CT molecular complexity index is 694. The quantitative estimate of drug-likeness (QED) is 0.660. The summed E-state index contributed by atoms with van der Waals surface area (Å²) in [7, 11) is 0. The summed E-state index contributed by atoms with van der Waals surface area (Å²) >= 11 is 0. The number of carbonyl (C=O) groups excluding carboxylic acids is 1. The first-order valence-corrected chi connectivity index (χ1v) is 5.61. The van der Waals surface area contributed by atoms with Gasteiger partial charge in [0.2, 0.25) is 0 Å². The lowest BCUT2D eigenvalue weighted by atomic mass is 10.2. The lowest BCUT2D eigenvalue weighted by Crippen LogP contribution is -1.97. The molecular weight excluding hydrogens is 242 g/mol. The van der Waals surface area contributed by atoms with Crippen LogP contribution in [0.2, 0.25) is 0 Å². The molecule has 0 spiro atoms. The van der Waals surface area contributed by atoms with Gasteiger partial charge in [0.05, 0.1) is 11.8 Å². The van der Waals surface area contributed by atoms with E-state index < -0.39 is 0 Å². The van der Waals surface area contributed by atoms with E-state index in [1.165, 1.54) is 0 Å². The van der Waals surface area contributed by atoms with Crippen LogP contribution in [0.25, 0.3) is 17.2 Å². The van der Waals surface area contributed by atoms with Crippen molar-refractivity contribution in [1.29, 1.82) is 0 Å². The van der Waals surface area contributed by atoms with E-state index in [0.29, 0.717) is 22.8 Å². The summed E-state index contributed by atoms with van der Waals surface area (Å²) in [6.45, 7) is 0. The van der Waals surface area contributed by atoms with Crippen LogP contribution in [0.3, 0.4) is 0 Å². The highest BCUT2D eigenvalue weighted by Gasteiger charge is 2.13. The van der Waals surface area contributed by atoms with Crippen LogP contribution in [0.4, 0.5) is 0 Å². The molecule has 0 aliphatic carbocycles. The molecule has 3 aromatic rings. The van der Waals surface area contributed by atoms with Gasteiger partial charge in [0, 0.05) is 24.8 Å². The van der Waals surface area contributed by atoms with Crippen LogP contribution < -0.4 is 0 Å². The molecule has 0 amide bonds. The van der Waals surface area contributed by atoms with Gasteiger partial charge in [0.25, 0.3) is 0 Å². The zero-order valence-electron chi connectivity index (χ0n) is 9.84. The Balaban J connectivity index is 2.12. The van der Waals surface area contributed by atoms with Crippen LogP contribution in [0.15, 0.2) is 49.2 Å². The van der Waals surface area contributed by atoms with Gasteiger partial charge in [0.15, 0.2) is 12.1 Å². The molecule has 6 nitrogen and oxygen atoms in total. The normalized spacial score (nSPS) is 10.3. The first-order chi connectivity index (χ1) is 9.38. The lowest BCUT2D eigenvalue weighted by molar-refractivity contribution is 0.112. The Hall–Kier alpha value is -2.89. The van der Waals surface area contributed by atoms with Crippen molar-refractivity contribution in [3.63, 3.8) is 0 Å². The second-order valence-corrected chi connectivity index (χ2v) is 3.77. The van der Waals surface area contributed by atoms with E-state index in [1.807, 2.05) is 18.2 Å². The van der Waals surface area contributed by atoms with Crippen LogP contribution >= 0.6 is 0 Å². The predicted octanol–water partition coefficient (Wildman–Crippen LogP) is 1.54. The number of rotatable bonds is 3. The van der Waals surface area contributed by atoms with Crippen LogP contribution in [-0.2, 0) is 0 Å². The molecule has 0 bridgehead atoms. The molecule has 3 heterocycles. The average molecular weight is 251 g/mol. The van der Waals surface area contributed by atoms with Gasteiger partial charge < -0.3 is 0 Å². The standard InChI is InChI=1S/C13H9N5O/c19-9-10-8-18(12-3-1-2-4-16-12)17-13(10)11-7-14-5-6-15-11/h1-9H. The van der Waals surface area contributed by atoms with Gasteiger partial charge in [-0.2, -0.15) is 5.10 Å². The smallest absolute Gasteiger partial charge is 0.153 e. The van der Waals surface area contributed by atoms with Crippen LogP contribution in [0.1, 0.15) is 10.4 Å². The number of carbonyl (C=O) groups is 1. The third-order valence-corrected chi connectivity index (χ3v) is 2.56. The highest BCUT2D eigenvalue weighted by Crippen LogP contribution is 2.18. The van der Waals surface area contributed by atoms with E-state index in [0.717, 1.165) is 6.29 Å². The van der Waals surface area contributed by atoms with Crippen molar-refractivity contribution in [2.24, 2.45) is 0 Å². The first kappa shape index (κ1) is 11.2. The second-order valence-electron chi connectivity index (χ2n) is 3.77. The molecule has 0 saturated carbocycles. The number of aromatic nitrogens is 5. The molecule has 6 heteroatoms. The van der Waals surface area contributed by atoms with Gasteiger partial charge in [-0.25, -0.2) is 9.67 Å². The summed E-state index contributed by atoms with van der Waals surface area (Å²) in [5, 5.41) is 4.34. The molecule has 0 atom stereocenters. The maximum Gasteiger partial charge on any atom is 0.153 e. The highest BCUT2D eigenvalue weighted by molar-refractivity contribution is 5.84. The van der Waals surface area contributed by atoms with E-state index >= 15 is 0 Å². The number of hydrogen-bond donors (Lipinski definition) is 0. The Morgan fingerprint density at radius 2 is 2.05 bits per heavy atom. The maximum absolute atomic E-state index is 11.1. The third-order valence-electron chi connectivity index (χ3n) is 2.56. The van der Waals surface area contributed by atoms with Gasteiger partial charge in [-0.3, -0.25) is 14.8 Å². The van der Waals surface area contributed by atoms with Crippen LogP contribution in [-0.4, -0.2) is 31.0 Å². The zero-order chi connectivity index (χ0) is 13.1. The summed E-state index contributed by atoms with van der Waals surface area (Å²) in [6, 6.07) is 5.48. The van der Waals surface area contributed by atoms with Gasteiger partial charge in [-0.05, 0) is 12.1 Å². The average Bonchev–Trinajstić information content (AvgIpc) is 2.93. The number of pyridine rings is 1. The molecule has 0 aromatic carbocycles. The van der Waals surface area contributed by atoms with Crippen molar-refractivity contribution in [2.75, 3.05) is 0 Å². The summed E-state index contributed by atoms with van der Waals surface area (Å²) in [5.41, 5.74) is 1.50. The van der Waals surface area contributed by atoms with Crippen LogP contribution in [0, 0.1) is 0 Å².